The van der Waals surface area contributed by atoms with Crippen molar-refractivity contribution in [1.29, 1.82) is 5.26 Å². The number of allylic oxidation sites excluding steroid dienone is 2. The van der Waals surface area contributed by atoms with Crippen LogP contribution in [0.15, 0.2) is 38.3 Å². The van der Waals surface area contributed by atoms with Crippen LogP contribution < -0.4 is 0 Å². The summed E-state index contributed by atoms with van der Waals surface area (Å²) in [5.74, 6) is 0. The molecule has 1 heterocycles. The fourth-order valence-electron chi connectivity index (χ4n) is 2.25. The van der Waals surface area contributed by atoms with E-state index in [0.29, 0.717) is 0 Å². The average Bonchev–Trinajstić information content (AvgIpc) is 2.95. The zero-order valence-corrected chi connectivity index (χ0v) is 16.8. The van der Waals surface area contributed by atoms with E-state index < -0.39 is 0 Å². The van der Waals surface area contributed by atoms with E-state index in [-0.39, 0.29) is 13.1 Å². The summed E-state index contributed by atoms with van der Waals surface area (Å²) < 4.78 is 3.88. The molecule has 0 atom stereocenters. The maximum absolute atomic E-state index is 8.40. The number of aryl methyl sites for hydroxylation is 3. The van der Waals surface area contributed by atoms with Gasteiger partial charge in [-0.05, 0) is 31.9 Å². The van der Waals surface area contributed by atoms with Crippen LogP contribution in [0.1, 0.15) is 23.1 Å². The molecule has 0 fully saturated rings. The Morgan fingerprint density at radius 2 is 1.88 bits per heavy atom. The van der Waals surface area contributed by atoms with E-state index in [1.807, 2.05) is 11.5 Å². The molecule has 24 heavy (non-hydrogen) atoms. The second-order valence-electron chi connectivity index (χ2n) is 4.91. The third-order valence-corrected chi connectivity index (χ3v) is 3.34. The third-order valence-electron chi connectivity index (χ3n) is 3.05. The summed E-state index contributed by atoms with van der Waals surface area (Å²) in [7, 11) is 9.53. The summed E-state index contributed by atoms with van der Waals surface area (Å²) in [6.07, 6.45) is 6.13. The number of hydrogen-bond donors (Lipinski definition) is 0. The molecule has 0 radical (unpaired) electrons. The molecule has 0 amide bonds. The summed E-state index contributed by atoms with van der Waals surface area (Å²) in [6.45, 7) is 6.22. The molecule has 1 aliphatic heterocycles. The first-order valence-electron chi connectivity index (χ1n) is 6.85. The SMILES string of the molecule is Cc1cc(C)c(N=CC2=CCC(/C=N/SC#N)=N2)c(C)c1.[Cl][Fe][Cl]. The van der Waals surface area contributed by atoms with Gasteiger partial charge in [-0.15, -0.1) is 0 Å². The fourth-order valence-corrected chi connectivity index (χ4v) is 2.47. The Bertz CT molecular complexity index is 713. The molecule has 1 aromatic rings. The van der Waals surface area contributed by atoms with Gasteiger partial charge in [0.05, 0.1) is 41.5 Å². The standard InChI is InChI=1S/C16H16N4S.2ClH.Fe/c1-11-6-12(2)16(13(3)7-11)18-8-14-4-5-15(20-14)9-19-21-10-17;;;/h4,6-9H,5H2,1-3H3;2*1H;/q;;;+2/p-2/b18-8?,19-9+;;;. The Morgan fingerprint density at radius 1 is 1.25 bits per heavy atom. The van der Waals surface area contributed by atoms with Gasteiger partial charge < -0.3 is 0 Å². The number of rotatable bonds is 4. The number of nitriles is 1. The molecule has 1 aromatic carbocycles. The molecule has 0 spiro atoms. The van der Waals surface area contributed by atoms with Gasteiger partial charge in [-0.25, -0.2) is 4.40 Å². The Kier molecular flexibility index (Phi) is 10.0. The van der Waals surface area contributed by atoms with Gasteiger partial charge in [0.15, 0.2) is 5.40 Å². The van der Waals surface area contributed by atoms with Gasteiger partial charge in [-0.2, -0.15) is 5.26 Å². The van der Waals surface area contributed by atoms with Gasteiger partial charge in [0.2, 0.25) is 0 Å². The van der Waals surface area contributed by atoms with Gasteiger partial charge in [0, 0.05) is 6.42 Å². The van der Waals surface area contributed by atoms with Gasteiger partial charge in [0.1, 0.15) is 0 Å². The van der Waals surface area contributed by atoms with Crippen molar-refractivity contribution >= 4 is 56.0 Å². The number of thiocyanates is 1. The first-order chi connectivity index (χ1) is 11.5. The molecule has 4 nitrogen and oxygen atoms in total. The molecule has 0 N–H and O–H groups in total. The Balaban J connectivity index is 0.000000891. The summed E-state index contributed by atoms with van der Waals surface area (Å²) >= 11 is 1.04. The average molecular weight is 423 g/mol. The number of hydrogen-bond acceptors (Lipinski definition) is 5. The molecule has 8 heteroatoms. The van der Waals surface area contributed by atoms with E-state index in [2.05, 4.69) is 47.3 Å². The predicted octanol–water partition coefficient (Wildman–Crippen LogP) is 5.62. The minimum absolute atomic E-state index is 0.194. The van der Waals surface area contributed by atoms with Crippen LogP contribution in [-0.4, -0.2) is 18.1 Å². The molecule has 0 unspecified atom stereocenters. The van der Waals surface area contributed by atoms with Crippen LogP contribution in [0.3, 0.4) is 0 Å². The molecule has 0 bridgehead atoms. The van der Waals surface area contributed by atoms with Gasteiger partial charge in [-0.3, -0.25) is 9.98 Å². The quantitative estimate of drug-likeness (QED) is 0.273. The van der Waals surface area contributed by atoms with Crippen LogP contribution in [0.4, 0.5) is 5.69 Å². The monoisotopic (exact) mass is 422 g/mol. The van der Waals surface area contributed by atoms with Crippen molar-refractivity contribution in [3.8, 4) is 5.40 Å². The number of nitrogens with zero attached hydrogens (tertiary/aromatic N) is 4. The maximum atomic E-state index is 8.40. The molecular formula is C16H16Cl2FeN4S. The first-order valence-corrected chi connectivity index (χ1v) is 10.7. The molecule has 0 saturated carbocycles. The Labute approximate surface area is 161 Å². The molecule has 2 rings (SSSR count). The number of halogens is 2. The second-order valence-corrected chi connectivity index (χ2v) is 7.31. The summed E-state index contributed by atoms with van der Waals surface area (Å²) in [5.41, 5.74) is 6.25. The van der Waals surface area contributed by atoms with E-state index in [4.69, 9.17) is 25.5 Å². The molecule has 128 valence electrons. The van der Waals surface area contributed by atoms with Crippen molar-refractivity contribution in [2.75, 3.05) is 0 Å². The van der Waals surface area contributed by atoms with Crippen LogP contribution in [0.5, 0.6) is 0 Å². The van der Waals surface area contributed by atoms with Crippen LogP contribution in [0.25, 0.3) is 0 Å². The number of aliphatic imine (C=N–C) groups is 2. The van der Waals surface area contributed by atoms with Gasteiger partial charge in [-0.1, -0.05) is 23.8 Å². The molecular weight excluding hydrogens is 407 g/mol. The van der Waals surface area contributed by atoms with Crippen molar-refractivity contribution in [2.45, 2.75) is 27.2 Å². The Morgan fingerprint density at radius 3 is 2.46 bits per heavy atom. The van der Waals surface area contributed by atoms with Crippen molar-refractivity contribution in [1.82, 2.24) is 0 Å². The van der Waals surface area contributed by atoms with E-state index in [9.17, 15) is 0 Å². The van der Waals surface area contributed by atoms with Crippen LogP contribution in [0.2, 0.25) is 0 Å². The van der Waals surface area contributed by atoms with E-state index in [1.165, 1.54) is 16.7 Å². The third kappa shape index (κ3) is 7.21. The first kappa shape index (κ1) is 21.0. The van der Waals surface area contributed by atoms with Gasteiger partial charge >= 0.3 is 33.3 Å². The second kappa shape index (κ2) is 11.5. The summed E-state index contributed by atoms with van der Waals surface area (Å²) in [6, 6.07) is 4.26. The Hall–Kier alpha value is -1.09. The summed E-state index contributed by atoms with van der Waals surface area (Å²) in [4.78, 5) is 8.97. The van der Waals surface area contributed by atoms with E-state index >= 15 is 0 Å². The van der Waals surface area contributed by atoms with Crippen LogP contribution in [-0.2, 0) is 13.1 Å². The van der Waals surface area contributed by atoms with Crippen LogP contribution in [0, 0.1) is 31.4 Å². The zero-order chi connectivity index (χ0) is 17.9. The minimum atomic E-state index is 0.194. The molecule has 0 saturated heterocycles. The van der Waals surface area contributed by atoms with Crippen molar-refractivity contribution in [3.63, 3.8) is 0 Å². The molecule has 0 aliphatic carbocycles. The molecule has 1 aliphatic rings. The predicted molar refractivity (Wildman–Crippen MR) is 102 cm³/mol. The van der Waals surface area contributed by atoms with Gasteiger partial charge in [0.25, 0.3) is 0 Å². The van der Waals surface area contributed by atoms with E-state index in [0.717, 1.165) is 35.5 Å². The fraction of sp³-hybridized carbons (Fsp3) is 0.250. The van der Waals surface area contributed by atoms with Crippen molar-refractivity contribution in [2.24, 2.45) is 14.4 Å². The number of benzene rings is 1. The topological polar surface area (TPSA) is 60.9 Å². The normalized spacial score (nSPS) is 13.7. The van der Waals surface area contributed by atoms with E-state index in [1.54, 1.807) is 12.4 Å². The van der Waals surface area contributed by atoms with Crippen molar-refractivity contribution in [3.05, 3.63) is 40.6 Å². The zero-order valence-electron chi connectivity index (χ0n) is 13.4. The molecule has 0 aromatic heterocycles. The summed E-state index contributed by atoms with van der Waals surface area (Å²) in [5, 5.41) is 10.3. The van der Waals surface area contributed by atoms with Crippen molar-refractivity contribution < 1.29 is 13.1 Å². The van der Waals surface area contributed by atoms with Crippen LogP contribution >= 0.6 is 32.1 Å².